The number of unbranched alkanes of at least 4 members (excludes halogenated alkanes) is 3. The zero-order chi connectivity index (χ0) is 27.9. The maximum Gasteiger partial charge on any atom is 0.114 e. The van der Waals surface area contributed by atoms with Gasteiger partial charge in [0.25, 0.3) is 0 Å². The molecule has 0 saturated heterocycles. The normalized spacial score (nSPS) is 12.5. The lowest BCUT2D eigenvalue weighted by molar-refractivity contribution is 0.452. The van der Waals surface area contributed by atoms with E-state index in [1.165, 1.54) is 111 Å². The molecule has 1 unspecified atom stereocenters. The van der Waals surface area contributed by atoms with E-state index >= 15 is 0 Å². The smallest absolute Gasteiger partial charge is 0.114 e. The fraction of sp³-hybridized carbons (Fsp3) is 0.471. The average Bonchev–Trinajstić information content (AvgIpc) is 3.71. The molecule has 2 aromatic carbocycles. The second-order valence-electron chi connectivity index (χ2n) is 11.0. The highest BCUT2D eigenvalue weighted by Gasteiger charge is 2.17. The fourth-order valence-corrected chi connectivity index (χ4v) is 8.70. The maximum atomic E-state index is 4.78. The molecule has 1 atom stereocenters. The van der Waals surface area contributed by atoms with E-state index in [2.05, 4.69) is 81.1 Å². The highest BCUT2D eigenvalue weighted by atomic mass is 32.1. The highest BCUT2D eigenvalue weighted by Crippen LogP contribution is 2.42. The number of fused-ring (bicyclic) bond motifs is 2. The van der Waals surface area contributed by atoms with Crippen molar-refractivity contribution in [1.82, 2.24) is 8.75 Å². The topological polar surface area (TPSA) is 29.0 Å². The van der Waals surface area contributed by atoms with Crippen LogP contribution in [0.15, 0.2) is 48.5 Å². The third-order valence-corrected chi connectivity index (χ3v) is 11.0. The molecule has 3 heterocycles. The van der Waals surface area contributed by atoms with Gasteiger partial charge in [-0.2, -0.15) is 8.75 Å². The Balaban J connectivity index is 1.38. The second kappa shape index (κ2) is 14.1. The van der Waals surface area contributed by atoms with Crippen molar-refractivity contribution in [1.29, 1.82) is 0 Å². The number of nitrogens with zero attached hydrogens (tertiary/aromatic N) is 3. The van der Waals surface area contributed by atoms with E-state index in [4.69, 9.17) is 8.75 Å². The van der Waals surface area contributed by atoms with Crippen LogP contribution in [-0.2, 0) is 6.42 Å². The van der Waals surface area contributed by atoms with E-state index in [9.17, 15) is 0 Å². The van der Waals surface area contributed by atoms with Gasteiger partial charge in [-0.3, -0.25) is 0 Å². The summed E-state index contributed by atoms with van der Waals surface area (Å²) in [6.45, 7) is 11.4. The predicted octanol–water partition coefficient (Wildman–Crippen LogP) is 11.5. The van der Waals surface area contributed by atoms with E-state index < -0.39 is 0 Å². The van der Waals surface area contributed by atoms with Gasteiger partial charge in [-0.15, -0.1) is 22.7 Å². The Morgan fingerprint density at radius 3 is 2.02 bits per heavy atom. The second-order valence-corrected chi connectivity index (χ2v) is 13.8. The molecule has 3 aromatic heterocycles. The van der Waals surface area contributed by atoms with Crippen molar-refractivity contribution in [2.75, 3.05) is 18.0 Å². The van der Waals surface area contributed by atoms with Gasteiger partial charge < -0.3 is 4.90 Å². The van der Waals surface area contributed by atoms with Gasteiger partial charge in [0.05, 0.1) is 11.7 Å². The van der Waals surface area contributed by atoms with Crippen LogP contribution in [0.1, 0.15) is 83.9 Å². The van der Waals surface area contributed by atoms with Crippen molar-refractivity contribution in [3.05, 3.63) is 53.4 Å². The zero-order valence-corrected chi connectivity index (χ0v) is 27.0. The summed E-state index contributed by atoms with van der Waals surface area (Å²) in [4.78, 5) is 5.38. The van der Waals surface area contributed by atoms with E-state index in [1.807, 2.05) is 22.7 Å². The summed E-state index contributed by atoms with van der Waals surface area (Å²) in [6.07, 6.45) is 11.4. The zero-order valence-electron chi connectivity index (χ0n) is 24.5. The number of thiophene rings is 2. The first-order valence-corrected chi connectivity index (χ1v) is 17.6. The molecule has 6 heteroatoms. The Morgan fingerprint density at radius 1 is 0.725 bits per heavy atom. The summed E-state index contributed by atoms with van der Waals surface area (Å²) < 4.78 is 12.4. The molecule has 0 saturated carbocycles. The molecule has 3 nitrogen and oxygen atoms in total. The van der Waals surface area contributed by atoms with Crippen LogP contribution in [-0.4, -0.2) is 21.8 Å². The molecule has 0 aliphatic rings. The molecule has 0 N–H and O–H groups in total. The first-order chi connectivity index (χ1) is 19.6. The molecule has 40 heavy (non-hydrogen) atoms. The van der Waals surface area contributed by atoms with Crippen LogP contribution in [0.25, 0.3) is 42.0 Å². The number of anilines is 1. The summed E-state index contributed by atoms with van der Waals surface area (Å²) >= 11 is 5.21. The summed E-state index contributed by atoms with van der Waals surface area (Å²) in [5.74, 6) is 0.810. The molecular weight excluding hydrogens is 547 g/mol. The van der Waals surface area contributed by atoms with Crippen molar-refractivity contribution in [2.24, 2.45) is 5.92 Å². The Morgan fingerprint density at radius 2 is 1.38 bits per heavy atom. The van der Waals surface area contributed by atoms with Gasteiger partial charge in [-0.05, 0) is 55.0 Å². The van der Waals surface area contributed by atoms with Gasteiger partial charge in [0.2, 0.25) is 0 Å². The van der Waals surface area contributed by atoms with Crippen molar-refractivity contribution < 1.29 is 0 Å². The first kappa shape index (κ1) is 29.2. The van der Waals surface area contributed by atoms with Gasteiger partial charge in [-0.25, -0.2) is 0 Å². The monoisotopic (exact) mass is 589 g/mol. The van der Waals surface area contributed by atoms with Crippen molar-refractivity contribution in [3.8, 4) is 21.6 Å². The van der Waals surface area contributed by atoms with Gasteiger partial charge in [0.15, 0.2) is 0 Å². The standard InChI is InChI=1S/C34H43N3S3/c1-5-9-12-24(8-4)21-27-22-31-32(38-27)23-30(39-31)29-18-17-28(33-34(29)36-40-35-33)25-13-15-26(16-14-25)37(19-10-6-2)20-11-7-3/h13-18,22-24H,5-12,19-21H2,1-4H3. The third kappa shape index (κ3) is 6.61. The van der Waals surface area contributed by atoms with Crippen LogP contribution < -0.4 is 4.90 Å². The number of aromatic nitrogens is 2. The van der Waals surface area contributed by atoms with Gasteiger partial charge in [0, 0.05) is 49.1 Å². The Bertz CT molecular complexity index is 1450. The van der Waals surface area contributed by atoms with E-state index in [0.717, 1.165) is 30.0 Å². The molecule has 0 bridgehead atoms. The first-order valence-electron chi connectivity index (χ1n) is 15.3. The van der Waals surface area contributed by atoms with Crippen LogP contribution in [0.3, 0.4) is 0 Å². The average molecular weight is 590 g/mol. The molecule has 0 amide bonds. The highest BCUT2D eigenvalue weighted by molar-refractivity contribution is 7.29. The SMILES string of the molecule is CCCCC(CC)Cc1cc2sc(-c3ccc(-c4ccc(N(CCCC)CCCC)cc4)c4nsnc34)cc2s1. The fourth-order valence-electron chi connectivity index (χ4n) is 5.56. The Hall–Kier alpha value is -2.28. The molecule has 5 rings (SSSR count). The molecule has 0 spiro atoms. The lowest BCUT2D eigenvalue weighted by atomic mass is 9.95. The molecule has 212 valence electrons. The maximum absolute atomic E-state index is 4.78. The summed E-state index contributed by atoms with van der Waals surface area (Å²) in [5.41, 5.74) is 6.96. The summed E-state index contributed by atoms with van der Waals surface area (Å²) in [7, 11) is 0. The van der Waals surface area contributed by atoms with Crippen LogP contribution in [0, 0.1) is 5.92 Å². The molecule has 5 aromatic rings. The van der Waals surface area contributed by atoms with Crippen LogP contribution in [0.5, 0.6) is 0 Å². The quantitative estimate of drug-likeness (QED) is 0.122. The minimum Gasteiger partial charge on any atom is -0.372 e. The van der Waals surface area contributed by atoms with E-state index in [0.29, 0.717) is 0 Å². The number of benzene rings is 2. The van der Waals surface area contributed by atoms with Crippen molar-refractivity contribution in [2.45, 2.75) is 85.5 Å². The van der Waals surface area contributed by atoms with E-state index in [1.54, 1.807) is 0 Å². The molecular formula is C34H43N3S3. The van der Waals surface area contributed by atoms with E-state index in [-0.39, 0.29) is 0 Å². The number of rotatable bonds is 15. The number of hydrogen-bond donors (Lipinski definition) is 0. The van der Waals surface area contributed by atoms with Gasteiger partial charge in [-0.1, -0.05) is 90.5 Å². The predicted molar refractivity (Wildman–Crippen MR) is 181 cm³/mol. The van der Waals surface area contributed by atoms with Crippen LogP contribution in [0.4, 0.5) is 5.69 Å². The largest absolute Gasteiger partial charge is 0.372 e. The minimum absolute atomic E-state index is 0.810. The van der Waals surface area contributed by atoms with Crippen molar-refractivity contribution >= 4 is 60.5 Å². The number of hydrogen-bond acceptors (Lipinski definition) is 6. The molecule has 0 aliphatic heterocycles. The van der Waals surface area contributed by atoms with Crippen LogP contribution in [0.2, 0.25) is 0 Å². The molecule has 0 aliphatic carbocycles. The Kier molecular flexibility index (Phi) is 10.3. The summed E-state index contributed by atoms with van der Waals surface area (Å²) in [5, 5.41) is 0. The van der Waals surface area contributed by atoms with Gasteiger partial charge >= 0.3 is 0 Å². The third-order valence-electron chi connectivity index (χ3n) is 8.08. The lowest BCUT2D eigenvalue weighted by Crippen LogP contribution is -2.25. The summed E-state index contributed by atoms with van der Waals surface area (Å²) in [6, 6.07) is 18.4. The minimum atomic E-state index is 0.810. The lowest BCUT2D eigenvalue weighted by Gasteiger charge is -2.25. The molecule has 0 radical (unpaired) electrons. The van der Waals surface area contributed by atoms with Crippen molar-refractivity contribution in [3.63, 3.8) is 0 Å². The van der Waals surface area contributed by atoms with Gasteiger partial charge in [0.1, 0.15) is 11.0 Å². The van der Waals surface area contributed by atoms with Crippen LogP contribution >= 0.6 is 34.4 Å². The molecule has 0 fully saturated rings. The Labute approximate surface area is 252 Å².